The van der Waals surface area contributed by atoms with E-state index in [0.717, 1.165) is 15.8 Å². The van der Waals surface area contributed by atoms with Gasteiger partial charge in [-0.05, 0) is 61.0 Å². The third kappa shape index (κ3) is 5.06. The second-order valence-electron chi connectivity index (χ2n) is 7.15. The van der Waals surface area contributed by atoms with Gasteiger partial charge in [0.05, 0.1) is 12.2 Å². The van der Waals surface area contributed by atoms with Crippen molar-refractivity contribution in [1.29, 1.82) is 0 Å². The summed E-state index contributed by atoms with van der Waals surface area (Å²) in [5, 5.41) is 2.87. The summed E-state index contributed by atoms with van der Waals surface area (Å²) in [4.78, 5) is 26.7. The quantitative estimate of drug-likeness (QED) is 0.549. The smallest absolute Gasteiger partial charge is 0.265 e. The third-order valence-electron chi connectivity index (χ3n) is 4.82. The Morgan fingerprint density at radius 2 is 1.97 bits per heavy atom. The van der Waals surface area contributed by atoms with Crippen LogP contribution in [0.5, 0.6) is 11.5 Å². The molecule has 1 heterocycles. The van der Waals surface area contributed by atoms with Crippen LogP contribution in [0.1, 0.15) is 15.9 Å². The molecule has 2 amide bonds. The molecule has 0 aromatic heterocycles. The minimum atomic E-state index is -0.237. The van der Waals surface area contributed by atoms with Crippen molar-refractivity contribution < 1.29 is 19.1 Å². The first-order valence-corrected chi connectivity index (χ1v) is 10.6. The zero-order valence-corrected chi connectivity index (χ0v) is 18.5. The van der Waals surface area contributed by atoms with Gasteiger partial charge >= 0.3 is 0 Å². The van der Waals surface area contributed by atoms with Crippen LogP contribution in [0, 0.1) is 6.92 Å². The molecule has 1 aliphatic rings. The molecule has 3 aromatic carbocycles. The van der Waals surface area contributed by atoms with Gasteiger partial charge in [-0.25, -0.2) is 0 Å². The third-order valence-corrected chi connectivity index (χ3v) is 5.31. The van der Waals surface area contributed by atoms with Crippen LogP contribution < -0.4 is 19.7 Å². The highest BCUT2D eigenvalue weighted by Crippen LogP contribution is 2.34. The summed E-state index contributed by atoms with van der Waals surface area (Å²) in [5.41, 5.74) is 2.82. The number of carbonyl (C=O) groups is 2. The summed E-state index contributed by atoms with van der Waals surface area (Å²) < 4.78 is 12.2. The molecule has 0 saturated heterocycles. The van der Waals surface area contributed by atoms with Gasteiger partial charge in [0.25, 0.3) is 11.8 Å². The number of fused-ring (bicyclic) bond motifs is 1. The number of hydrogen-bond acceptors (Lipinski definition) is 4. The van der Waals surface area contributed by atoms with E-state index in [9.17, 15) is 9.59 Å². The van der Waals surface area contributed by atoms with Crippen LogP contribution in [-0.4, -0.2) is 31.6 Å². The zero-order chi connectivity index (χ0) is 21.8. The van der Waals surface area contributed by atoms with Gasteiger partial charge in [-0.1, -0.05) is 34.1 Å². The first kappa shape index (κ1) is 20.9. The first-order chi connectivity index (χ1) is 15.0. The lowest BCUT2D eigenvalue weighted by molar-refractivity contribution is -0.121. The fourth-order valence-corrected chi connectivity index (χ4v) is 3.72. The molecule has 0 radical (unpaired) electrons. The molecule has 0 unspecified atom stereocenters. The number of amides is 2. The lowest BCUT2D eigenvalue weighted by Gasteiger charge is -2.29. The van der Waals surface area contributed by atoms with E-state index >= 15 is 0 Å². The van der Waals surface area contributed by atoms with Crippen LogP contribution in [0.2, 0.25) is 0 Å². The van der Waals surface area contributed by atoms with Gasteiger partial charge in [0, 0.05) is 15.7 Å². The highest BCUT2D eigenvalue weighted by atomic mass is 79.9. The van der Waals surface area contributed by atoms with E-state index < -0.39 is 0 Å². The van der Waals surface area contributed by atoms with Crippen LogP contribution in [0.15, 0.2) is 71.2 Å². The molecular formula is C24H21BrN2O4. The first-order valence-electron chi connectivity index (χ1n) is 9.83. The number of rotatable bonds is 6. The second kappa shape index (κ2) is 9.22. The van der Waals surface area contributed by atoms with Gasteiger partial charge < -0.3 is 19.7 Å². The second-order valence-corrected chi connectivity index (χ2v) is 8.06. The standard InChI is InChI=1S/C24H21BrN2O4/c1-16-4-2-7-20(12-16)30-11-10-27-21-14-19(8-9-22(21)31-15-23(27)28)26-24(29)17-5-3-6-18(25)13-17/h2-9,12-14H,10-11,15H2,1H3,(H,26,29). The number of carbonyl (C=O) groups excluding carboxylic acids is 2. The number of nitrogens with one attached hydrogen (secondary N) is 1. The monoisotopic (exact) mass is 480 g/mol. The zero-order valence-electron chi connectivity index (χ0n) is 16.9. The van der Waals surface area contributed by atoms with Crippen molar-refractivity contribution in [1.82, 2.24) is 0 Å². The van der Waals surface area contributed by atoms with E-state index in [1.54, 1.807) is 41.3 Å². The van der Waals surface area contributed by atoms with Crippen molar-refractivity contribution in [2.24, 2.45) is 0 Å². The maximum absolute atomic E-state index is 12.6. The molecule has 4 rings (SSSR count). The van der Waals surface area contributed by atoms with Crippen molar-refractivity contribution in [2.45, 2.75) is 6.92 Å². The molecule has 0 atom stereocenters. The van der Waals surface area contributed by atoms with E-state index in [1.807, 2.05) is 37.3 Å². The normalized spacial score (nSPS) is 12.7. The summed E-state index contributed by atoms with van der Waals surface area (Å²) in [6, 6.07) is 20.2. The van der Waals surface area contributed by atoms with E-state index in [0.29, 0.717) is 35.8 Å². The van der Waals surface area contributed by atoms with Gasteiger partial charge in [0.15, 0.2) is 6.61 Å². The fraction of sp³-hybridized carbons (Fsp3) is 0.167. The molecule has 7 heteroatoms. The molecule has 0 spiro atoms. The molecule has 3 aromatic rings. The number of benzene rings is 3. The van der Waals surface area contributed by atoms with E-state index in [1.165, 1.54) is 0 Å². The van der Waals surface area contributed by atoms with Crippen molar-refractivity contribution in [3.63, 3.8) is 0 Å². The Labute approximate surface area is 188 Å². The number of hydrogen-bond donors (Lipinski definition) is 1. The molecule has 0 saturated carbocycles. The maximum atomic E-state index is 12.6. The SMILES string of the molecule is Cc1cccc(OCCN2C(=O)COc3ccc(NC(=O)c4cccc(Br)c4)cc32)c1. The minimum Gasteiger partial charge on any atom is -0.492 e. The summed E-state index contributed by atoms with van der Waals surface area (Å²) in [5.74, 6) is 0.959. The van der Waals surface area contributed by atoms with Gasteiger partial charge in [0.1, 0.15) is 18.1 Å². The summed E-state index contributed by atoms with van der Waals surface area (Å²) >= 11 is 3.37. The van der Waals surface area contributed by atoms with Crippen molar-refractivity contribution in [3.05, 3.63) is 82.3 Å². The van der Waals surface area contributed by atoms with Gasteiger partial charge in [-0.2, -0.15) is 0 Å². The topological polar surface area (TPSA) is 67.9 Å². The lowest BCUT2D eigenvalue weighted by Crippen LogP contribution is -2.41. The number of aryl methyl sites for hydroxylation is 1. The summed E-state index contributed by atoms with van der Waals surface area (Å²) in [6.45, 7) is 2.68. The number of halogens is 1. The summed E-state index contributed by atoms with van der Waals surface area (Å²) in [7, 11) is 0. The molecule has 6 nitrogen and oxygen atoms in total. The van der Waals surface area contributed by atoms with Gasteiger partial charge in [0.2, 0.25) is 0 Å². The summed E-state index contributed by atoms with van der Waals surface area (Å²) in [6.07, 6.45) is 0. The Kier molecular flexibility index (Phi) is 6.23. The van der Waals surface area contributed by atoms with Crippen LogP contribution in [0.4, 0.5) is 11.4 Å². The molecule has 0 bridgehead atoms. The predicted octanol–water partition coefficient (Wildman–Crippen LogP) is 4.81. The highest BCUT2D eigenvalue weighted by Gasteiger charge is 2.26. The van der Waals surface area contributed by atoms with Gasteiger partial charge in [-0.3, -0.25) is 9.59 Å². The molecule has 1 N–H and O–H groups in total. The molecule has 31 heavy (non-hydrogen) atoms. The Bertz CT molecular complexity index is 1130. The Morgan fingerprint density at radius 3 is 2.77 bits per heavy atom. The van der Waals surface area contributed by atoms with Crippen LogP contribution >= 0.6 is 15.9 Å². The average molecular weight is 481 g/mol. The Hall–Kier alpha value is -3.32. The molecule has 1 aliphatic heterocycles. The van der Waals surface area contributed by atoms with Crippen LogP contribution in [-0.2, 0) is 4.79 Å². The van der Waals surface area contributed by atoms with Gasteiger partial charge in [-0.15, -0.1) is 0 Å². The largest absolute Gasteiger partial charge is 0.492 e. The molecule has 0 aliphatic carbocycles. The maximum Gasteiger partial charge on any atom is 0.265 e. The molecule has 0 fully saturated rings. The lowest BCUT2D eigenvalue weighted by atomic mass is 10.2. The Balaban J connectivity index is 1.48. The van der Waals surface area contributed by atoms with Crippen LogP contribution in [0.3, 0.4) is 0 Å². The molecular weight excluding hydrogens is 460 g/mol. The number of nitrogens with zero attached hydrogens (tertiary/aromatic N) is 1. The number of ether oxygens (including phenoxy) is 2. The molecule has 158 valence electrons. The van der Waals surface area contributed by atoms with E-state index in [2.05, 4.69) is 21.2 Å². The predicted molar refractivity (Wildman–Crippen MR) is 123 cm³/mol. The highest BCUT2D eigenvalue weighted by molar-refractivity contribution is 9.10. The van der Waals surface area contributed by atoms with E-state index in [4.69, 9.17) is 9.47 Å². The van der Waals surface area contributed by atoms with Crippen molar-refractivity contribution >= 4 is 39.1 Å². The van der Waals surface area contributed by atoms with Crippen molar-refractivity contribution in [2.75, 3.05) is 30.0 Å². The number of anilines is 2. The average Bonchev–Trinajstić information content (AvgIpc) is 2.75. The van der Waals surface area contributed by atoms with Crippen molar-refractivity contribution in [3.8, 4) is 11.5 Å². The fourth-order valence-electron chi connectivity index (χ4n) is 3.32. The Morgan fingerprint density at radius 1 is 1.13 bits per heavy atom. The minimum absolute atomic E-state index is 0.0266. The van der Waals surface area contributed by atoms with E-state index in [-0.39, 0.29) is 18.4 Å². The van der Waals surface area contributed by atoms with Crippen LogP contribution in [0.25, 0.3) is 0 Å².